The quantitative estimate of drug-likeness (QED) is 0.180. The van der Waals surface area contributed by atoms with E-state index < -0.39 is 0 Å². The Morgan fingerprint density at radius 3 is 2.00 bits per heavy atom. The number of aromatic nitrogens is 6. The molecule has 0 unspecified atom stereocenters. The van der Waals surface area contributed by atoms with Gasteiger partial charge in [0.15, 0.2) is 11.3 Å². The average Bonchev–Trinajstić information content (AvgIpc) is 3.90. The molecule has 4 heterocycles. The molecule has 2 aliphatic carbocycles. The fourth-order valence-electron chi connectivity index (χ4n) is 7.07. The van der Waals surface area contributed by atoms with Gasteiger partial charge in [-0.2, -0.15) is 14.7 Å². The number of nitrogens with zero attached hydrogens (tertiary/aromatic N) is 7. The molecule has 8 rings (SSSR count). The van der Waals surface area contributed by atoms with E-state index in [1.165, 1.54) is 71.4 Å². The zero-order valence-electron chi connectivity index (χ0n) is 30.9. The van der Waals surface area contributed by atoms with Crippen LogP contribution in [0.4, 0.5) is 11.5 Å². The summed E-state index contributed by atoms with van der Waals surface area (Å²) in [5.74, 6) is 1.13. The van der Waals surface area contributed by atoms with Gasteiger partial charge in [-0.15, -0.1) is 12.4 Å². The van der Waals surface area contributed by atoms with E-state index in [2.05, 4.69) is 119 Å². The number of rotatable bonds is 7. The van der Waals surface area contributed by atoms with Crippen molar-refractivity contribution in [2.45, 2.75) is 92.4 Å². The summed E-state index contributed by atoms with van der Waals surface area (Å²) in [5.41, 5.74) is 15.1. The van der Waals surface area contributed by atoms with Gasteiger partial charge >= 0.3 is 0 Å². The molecule has 8 nitrogen and oxygen atoms in total. The molecule has 0 radical (unpaired) electrons. The van der Waals surface area contributed by atoms with Crippen molar-refractivity contribution in [3.63, 3.8) is 0 Å². The Kier molecular flexibility index (Phi) is 12.2. The minimum absolute atomic E-state index is 0. The maximum absolute atomic E-state index is 4.96. The molecule has 0 amide bonds. The summed E-state index contributed by atoms with van der Waals surface area (Å²) >= 11 is 0. The second kappa shape index (κ2) is 16.5. The third-order valence-electron chi connectivity index (χ3n) is 9.56. The summed E-state index contributed by atoms with van der Waals surface area (Å²) in [6.07, 6.45) is 13.0. The van der Waals surface area contributed by atoms with Crippen molar-refractivity contribution in [2.24, 2.45) is 0 Å². The van der Waals surface area contributed by atoms with Gasteiger partial charge in [0, 0.05) is 60.6 Å². The first-order chi connectivity index (χ1) is 23.8. The number of anilines is 2. The summed E-state index contributed by atoms with van der Waals surface area (Å²) in [5, 5.41) is 12.9. The molecule has 2 aliphatic rings. The normalized spacial score (nSPS) is 12.8. The van der Waals surface area contributed by atoms with Crippen LogP contribution in [-0.4, -0.2) is 49.8 Å². The smallest absolute Gasteiger partial charge is 0.165 e. The van der Waals surface area contributed by atoms with Crippen molar-refractivity contribution in [1.29, 1.82) is 0 Å². The van der Waals surface area contributed by atoms with E-state index in [1.54, 1.807) is 0 Å². The van der Waals surface area contributed by atoms with Crippen LogP contribution in [0, 0.1) is 13.8 Å². The van der Waals surface area contributed by atoms with Crippen molar-refractivity contribution in [3.05, 3.63) is 94.7 Å². The molecule has 4 aromatic heterocycles. The number of benzene rings is 2. The fraction of sp³-hybridized carbons (Fsp3) is 0.415. The molecule has 0 aliphatic heterocycles. The van der Waals surface area contributed by atoms with Crippen LogP contribution in [0.15, 0.2) is 60.8 Å². The number of fused-ring (bicyclic) bond motifs is 4. The third kappa shape index (κ3) is 7.51. The average molecular weight is 693 g/mol. The predicted molar refractivity (Wildman–Crippen MR) is 211 cm³/mol. The molecule has 9 heteroatoms. The van der Waals surface area contributed by atoms with Gasteiger partial charge in [-0.05, 0) is 88.1 Å². The topological polar surface area (TPSA) is 75.6 Å². The molecule has 0 bridgehead atoms. The highest BCUT2D eigenvalue weighted by Gasteiger charge is 2.24. The lowest BCUT2D eigenvalue weighted by Gasteiger charge is -2.12. The first-order valence-corrected chi connectivity index (χ1v) is 18.2. The van der Waals surface area contributed by atoms with E-state index in [4.69, 9.17) is 15.1 Å². The Balaban J connectivity index is 0.000000169. The number of unbranched alkanes of at least 4 members (excludes halogenated alkanes) is 2. The molecule has 0 fully saturated rings. The van der Waals surface area contributed by atoms with Gasteiger partial charge in [0.2, 0.25) is 0 Å². The lowest BCUT2D eigenvalue weighted by atomic mass is 10.1. The van der Waals surface area contributed by atoms with Crippen molar-refractivity contribution >= 4 is 35.2 Å². The minimum atomic E-state index is 0. The van der Waals surface area contributed by atoms with Crippen LogP contribution in [0.5, 0.6) is 0 Å². The highest BCUT2D eigenvalue weighted by molar-refractivity contribution is 5.85. The Morgan fingerprint density at radius 1 is 0.720 bits per heavy atom. The summed E-state index contributed by atoms with van der Waals surface area (Å²) in [6, 6.07) is 19.0. The van der Waals surface area contributed by atoms with E-state index in [0.717, 1.165) is 71.9 Å². The first-order valence-electron chi connectivity index (χ1n) is 18.2. The monoisotopic (exact) mass is 692 g/mol. The lowest BCUT2D eigenvalue weighted by Crippen LogP contribution is -2.09. The molecule has 0 atom stereocenters. The summed E-state index contributed by atoms with van der Waals surface area (Å²) in [4.78, 5) is 12.0. The third-order valence-corrected chi connectivity index (χ3v) is 9.56. The number of aryl methyl sites for hydroxylation is 5. The summed E-state index contributed by atoms with van der Waals surface area (Å²) in [7, 11) is 4.11. The zero-order valence-corrected chi connectivity index (χ0v) is 31.7. The first kappa shape index (κ1) is 36.8. The van der Waals surface area contributed by atoms with Gasteiger partial charge in [0.05, 0.1) is 11.4 Å². The standard InChI is InChI=1S/2C18H20N4.C5H12.ClH/c1-12-17(13-7-9-15(10-8-13)21(2)3)18-19-16-6-4-5-14(16)11-22(18)20-12;1-3-19-17-14-10-7-11-15(14)20-18-16(12(2)21-22(17)18)13-8-5-4-6-9-13;1-3-5-4-2;/h7-11H,4-6H2,1-3H3;4-6,8-9,19H,3,7,10-11H2,1-2H3;3-5H2,1-2H3;1H. The highest BCUT2D eigenvalue weighted by Crippen LogP contribution is 2.34. The number of hydrogen-bond acceptors (Lipinski definition) is 6. The maximum Gasteiger partial charge on any atom is 0.165 e. The highest BCUT2D eigenvalue weighted by atomic mass is 35.5. The van der Waals surface area contributed by atoms with E-state index >= 15 is 0 Å². The number of nitrogens with one attached hydrogen (secondary N) is 1. The van der Waals surface area contributed by atoms with E-state index in [0.29, 0.717) is 0 Å². The molecule has 264 valence electrons. The fourth-order valence-corrected chi connectivity index (χ4v) is 7.07. The summed E-state index contributed by atoms with van der Waals surface area (Å²) in [6.45, 7) is 11.6. The molecule has 0 spiro atoms. The van der Waals surface area contributed by atoms with E-state index in [-0.39, 0.29) is 12.4 Å². The second-order valence-electron chi connectivity index (χ2n) is 13.4. The Bertz CT molecular complexity index is 2020. The van der Waals surface area contributed by atoms with Crippen LogP contribution in [0.1, 0.15) is 86.8 Å². The van der Waals surface area contributed by atoms with Gasteiger partial charge in [0.1, 0.15) is 5.82 Å². The Morgan fingerprint density at radius 2 is 1.34 bits per heavy atom. The largest absolute Gasteiger partial charge is 0.378 e. The van der Waals surface area contributed by atoms with Crippen LogP contribution < -0.4 is 10.2 Å². The van der Waals surface area contributed by atoms with E-state index in [9.17, 15) is 0 Å². The Labute approximate surface area is 303 Å². The summed E-state index contributed by atoms with van der Waals surface area (Å²) < 4.78 is 3.96. The van der Waals surface area contributed by atoms with Gasteiger partial charge < -0.3 is 10.2 Å². The van der Waals surface area contributed by atoms with Crippen LogP contribution in [0.25, 0.3) is 33.5 Å². The number of hydrogen-bond donors (Lipinski definition) is 1. The van der Waals surface area contributed by atoms with Crippen molar-refractivity contribution in [1.82, 2.24) is 29.2 Å². The van der Waals surface area contributed by atoms with Gasteiger partial charge in [-0.1, -0.05) is 75.6 Å². The maximum atomic E-state index is 4.96. The van der Waals surface area contributed by atoms with Gasteiger partial charge in [0.25, 0.3) is 0 Å². The Hall–Kier alpha value is -4.43. The zero-order chi connectivity index (χ0) is 34.5. The van der Waals surface area contributed by atoms with Crippen molar-refractivity contribution in [2.75, 3.05) is 30.9 Å². The molecular weight excluding hydrogens is 640 g/mol. The van der Waals surface area contributed by atoms with Gasteiger partial charge in [-0.25, -0.2) is 14.5 Å². The predicted octanol–water partition coefficient (Wildman–Crippen LogP) is 9.50. The molecule has 0 saturated heterocycles. The van der Waals surface area contributed by atoms with Crippen LogP contribution in [-0.2, 0) is 25.7 Å². The van der Waals surface area contributed by atoms with E-state index in [1.807, 2.05) is 15.1 Å². The molecule has 6 aromatic rings. The molecule has 2 aromatic carbocycles. The SMILES string of the molecule is CCCCC.CCNc1c2c(nc3c(-c4ccccc4)c(C)nn13)CCC2.Cc1nn2cc3c(nc2c1-c1ccc(N(C)C)cc1)CCC3.Cl. The molecule has 0 saturated carbocycles. The van der Waals surface area contributed by atoms with Crippen molar-refractivity contribution in [3.8, 4) is 22.3 Å². The molecule has 1 N–H and O–H groups in total. The molecular formula is C41H53ClN8. The van der Waals surface area contributed by atoms with Crippen molar-refractivity contribution < 1.29 is 0 Å². The minimum Gasteiger partial charge on any atom is -0.378 e. The van der Waals surface area contributed by atoms with Crippen LogP contribution >= 0.6 is 12.4 Å². The second-order valence-corrected chi connectivity index (χ2v) is 13.4. The van der Waals surface area contributed by atoms with Gasteiger partial charge in [-0.3, -0.25) is 0 Å². The van der Waals surface area contributed by atoms with Crippen LogP contribution in [0.2, 0.25) is 0 Å². The molecule has 50 heavy (non-hydrogen) atoms. The number of halogens is 1. The van der Waals surface area contributed by atoms with Crippen LogP contribution in [0.3, 0.4) is 0 Å². The lowest BCUT2D eigenvalue weighted by molar-refractivity contribution is 0.772.